The second kappa shape index (κ2) is 10.7. The van der Waals surface area contributed by atoms with Gasteiger partial charge in [-0.2, -0.15) is 0 Å². The van der Waals surface area contributed by atoms with Crippen LogP contribution in [0.15, 0.2) is 12.3 Å². The van der Waals surface area contributed by atoms with Crippen LogP contribution >= 0.6 is 11.3 Å². The van der Waals surface area contributed by atoms with E-state index in [2.05, 4.69) is 16.8 Å². The first kappa shape index (κ1) is 24.9. The molecule has 0 unspecified atom stereocenters. The molecule has 1 N–H and O–H groups in total. The Morgan fingerprint density at radius 2 is 2.09 bits per heavy atom. The van der Waals surface area contributed by atoms with Gasteiger partial charge in [0.15, 0.2) is 0 Å². The van der Waals surface area contributed by atoms with Gasteiger partial charge in [-0.3, -0.25) is 9.69 Å². The molecule has 3 aliphatic rings. The highest BCUT2D eigenvalue weighted by Crippen LogP contribution is 2.48. The Kier molecular flexibility index (Phi) is 7.63. The Bertz CT molecular complexity index is 1030. The molecule has 3 heterocycles. The molecule has 192 valence electrons. The lowest BCUT2D eigenvalue weighted by Crippen LogP contribution is -2.55. The van der Waals surface area contributed by atoms with E-state index in [9.17, 15) is 9.90 Å². The molecule has 2 aromatic heterocycles. The number of ether oxygens (including phenoxy) is 2. The monoisotopic (exact) mass is 501 g/mol. The standard InChI is InChI=1S/C27H39N3O4S/c1-3-27(30-13-16-33-17-14-30)9-6-20(7-10-27)34-21-8-11-28-26-25(21)24-19(4-5-22(24)35-26)18-23(32)29(2)12-15-31/h8,11,19-20,31H,3-7,9-10,12-18H2,1-2H3/t19-,20?,27?/m1/s1. The SMILES string of the molecule is CCC1(N2CCOCC2)CCC(Oc2ccnc3sc4c(c23)[C@@H](CC(=O)N(C)CCO)CC4)CC1. The van der Waals surface area contributed by atoms with Crippen LogP contribution in [0.25, 0.3) is 10.2 Å². The zero-order chi connectivity index (χ0) is 24.4. The summed E-state index contributed by atoms with van der Waals surface area (Å²) in [5.41, 5.74) is 1.57. The lowest BCUT2D eigenvalue weighted by atomic mass is 9.77. The van der Waals surface area contributed by atoms with Gasteiger partial charge in [0.05, 0.1) is 31.3 Å². The molecule has 35 heavy (non-hydrogen) atoms. The van der Waals surface area contributed by atoms with E-state index in [1.807, 2.05) is 12.3 Å². The molecule has 1 atom stereocenters. The number of aliphatic hydroxyl groups is 1. The molecule has 2 aliphatic carbocycles. The molecule has 5 rings (SSSR count). The van der Waals surface area contributed by atoms with Crippen molar-refractivity contribution >= 4 is 27.5 Å². The second-order valence-corrected chi connectivity index (χ2v) is 11.5. The van der Waals surface area contributed by atoms with Crippen molar-refractivity contribution in [1.82, 2.24) is 14.8 Å². The van der Waals surface area contributed by atoms with Gasteiger partial charge < -0.3 is 19.5 Å². The molecule has 1 aliphatic heterocycles. The topological polar surface area (TPSA) is 75.1 Å². The van der Waals surface area contributed by atoms with E-state index >= 15 is 0 Å². The average Bonchev–Trinajstić information content (AvgIpc) is 3.45. The smallest absolute Gasteiger partial charge is 0.223 e. The Labute approximate surface area is 212 Å². The second-order valence-electron chi connectivity index (χ2n) is 10.4. The quantitative estimate of drug-likeness (QED) is 0.590. The van der Waals surface area contributed by atoms with Crippen molar-refractivity contribution in [2.24, 2.45) is 0 Å². The van der Waals surface area contributed by atoms with E-state index in [0.29, 0.717) is 13.0 Å². The third-order valence-electron chi connectivity index (χ3n) is 8.57. The van der Waals surface area contributed by atoms with Crippen molar-refractivity contribution in [3.05, 3.63) is 22.7 Å². The van der Waals surface area contributed by atoms with E-state index in [1.165, 1.54) is 29.7 Å². The summed E-state index contributed by atoms with van der Waals surface area (Å²) in [6, 6.07) is 2.02. The van der Waals surface area contributed by atoms with Gasteiger partial charge >= 0.3 is 0 Å². The van der Waals surface area contributed by atoms with E-state index < -0.39 is 0 Å². The minimum Gasteiger partial charge on any atom is -0.490 e. The van der Waals surface area contributed by atoms with Crippen molar-refractivity contribution in [3.63, 3.8) is 0 Å². The van der Waals surface area contributed by atoms with Crippen LogP contribution in [0.4, 0.5) is 0 Å². The third kappa shape index (κ3) is 4.95. The molecule has 2 aromatic rings. The number of aryl methyl sites for hydroxylation is 1. The van der Waals surface area contributed by atoms with E-state index in [0.717, 1.165) is 68.0 Å². The molecule has 1 saturated heterocycles. The summed E-state index contributed by atoms with van der Waals surface area (Å²) >= 11 is 1.76. The van der Waals surface area contributed by atoms with Crippen LogP contribution in [0.1, 0.15) is 68.2 Å². The predicted molar refractivity (Wildman–Crippen MR) is 138 cm³/mol. The van der Waals surface area contributed by atoms with Crippen molar-refractivity contribution < 1.29 is 19.4 Å². The lowest BCUT2D eigenvalue weighted by Gasteiger charge is -2.49. The number of aliphatic hydroxyl groups excluding tert-OH is 1. The molecule has 1 saturated carbocycles. The number of nitrogens with zero attached hydrogens (tertiary/aromatic N) is 3. The van der Waals surface area contributed by atoms with Gasteiger partial charge in [-0.15, -0.1) is 11.3 Å². The van der Waals surface area contributed by atoms with Crippen molar-refractivity contribution in [1.29, 1.82) is 0 Å². The van der Waals surface area contributed by atoms with Gasteiger partial charge in [0.25, 0.3) is 0 Å². The summed E-state index contributed by atoms with van der Waals surface area (Å²) in [6.45, 7) is 6.48. The fraction of sp³-hybridized carbons (Fsp3) is 0.704. The fourth-order valence-electron chi connectivity index (χ4n) is 6.43. The van der Waals surface area contributed by atoms with Gasteiger partial charge in [-0.25, -0.2) is 4.98 Å². The zero-order valence-corrected chi connectivity index (χ0v) is 21.9. The Morgan fingerprint density at radius 3 is 2.80 bits per heavy atom. The number of fused-ring (bicyclic) bond motifs is 3. The number of hydrogen-bond acceptors (Lipinski definition) is 7. The molecule has 0 bridgehead atoms. The van der Waals surface area contributed by atoms with E-state index in [1.54, 1.807) is 23.3 Å². The van der Waals surface area contributed by atoms with Crippen LogP contribution in [-0.2, 0) is 16.0 Å². The normalized spacial score (nSPS) is 27.2. The highest BCUT2D eigenvalue weighted by molar-refractivity contribution is 7.19. The Morgan fingerprint density at radius 1 is 1.31 bits per heavy atom. The maximum absolute atomic E-state index is 12.7. The molecule has 0 spiro atoms. The van der Waals surface area contributed by atoms with Gasteiger partial charge in [-0.1, -0.05) is 6.92 Å². The predicted octanol–water partition coefficient (Wildman–Crippen LogP) is 3.97. The summed E-state index contributed by atoms with van der Waals surface area (Å²) in [7, 11) is 1.77. The van der Waals surface area contributed by atoms with Crippen LogP contribution in [0.5, 0.6) is 5.75 Å². The number of rotatable bonds is 8. The zero-order valence-electron chi connectivity index (χ0n) is 21.1. The maximum atomic E-state index is 12.7. The molecule has 0 aromatic carbocycles. The third-order valence-corrected chi connectivity index (χ3v) is 9.75. The number of thiophene rings is 1. The number of amides is 1. The van der Waals surface area contributed by atoms with Crippen LogP contribution in [0.2, 0.25) is 0 Å². The largest absolute Gasteiger partial charge is 0.490 e. The van der Waals surface area contributed by atoms with E-state index in [4.69, 9.17) is 9.47 Å². The molecule has 7 nitrogen and oxygen atoms in total. The number of aromatic nitrogens is 1. The minimum absolute atomic E-state index is 0.00626. The van der Waals surface area contributed by atoms with Crippen molar-refractivity contribution in [2.45, 2.75) is 75.9 Å². The first-order valence-corrected chi connectivity index (χ1v) is 14.1. The highest BCUT2D eigenvalue weighted by Gasteiger charge is 2.40. The van der Waals surface area contributed by atoms with Gasteiger partial charge in [0.2, 0.25) is 5.91 Å². The first-order valence-electron chi connectivity index (χ1n) is 13.3. The lowest BCUT2D eigenvalue weighted by molar-refractivity contribution is -0.130. The van der Waals surface area contributed by atoms with Crippen LogP contribution < -0.4 is 4.74 Å². The molecule has 0 radical (unpaired) electrons. The Balaban J connectivity index is 1.32. The van der Waals surface area contributed by atoms with Crippen molar-refractivity contribution in [2.75, 3.05) is 46.5 Å². The van der Waals surface area contributed by atoms with Crippen LogP contribution in [0.3, 0.4) is 0 Å². The maximum Gasteiger partial charge on any atom is 0.223 e. The Hall–Kier alpha value is -1.74. The van der Waals surface area contributed by atoms with Crippen molar-refractivity contribution in [3.8, 4) is 5.75 Å². The number of hydrogen-bond donors (Lipinski definition) is 1. The van der Waals surface area contributed by atoms with Gasteiger partial charge in [0, 0.05) is 49.7 Å². The fourth-order valence-corrected chi connectivity index (χ4v) is 7.69. The number of carbonyl (C=O) groups excluding carboxylic acids is 1. The van der Waals surface area contributed by atoms with E-state index in [-0.39, 0.29) is 30.1 Å². The number of likely N-dealkylation sites (N-methyl/N-ethyl adjacent to an activating group) is 1. The summed E-state index contributed by atoms with van der Waals surface area (Å²) < 4.78 is 12.3. The van der Waals surface area contributed by atoms with Gasteiger partial charge in [0.1, 0.15) is 10.6 Å². The molecular formula is C27H39N3O4S. The molecular weight excluding hydrogens is 462 g/mol. The first-order chi connectivity index (χ1) is 17.0. The summed E-state index contributed by atoms with van der Waals surface area (Å²) in [6.07, 6.45) is 10.2. The number of morpholine rings is 1. The minimum atomic E-state index is -0.00626. The average molecular weight is 502 g/mol. The number of pyridine rings is 1. The molecule has 8 heteroatoms. The van der Waals surface area contributed by atoms with Gasteiger partial charge in [-0.05, 0) is 62.5 Å². The highest BCUT2D eigenvalue weighted by atomic mass is 32.1. The van der Waals surface area contributed by atoms with Crippen LogP contribution in [0, 0.1) is 0 Å². The molecule has 1 amide bonds. The summed E-state index contributed by atoms with van der Waals surface area (Å²) in [5, 5.41) is 10.3. The summed E-state index contributed by atoms with van der Waals surface area (Å²) in [4.78, 5) is 24.1. The molecule has 2 fully saturated rings. The summed E-state index contributed by atoms with van der Waals surface area (Å²) in [5.74, 6) is 1.23. The number of carbonyl (C=O) groups is 1. The van der Waals surface area contributed by atoms with Crippen LogP contribution in [-0.4, -0.2) is 83.9 Å².